The third-order valence-corrected chi connectivity index (χ3v) is 7.86. The van der Waals surface area contributed by atoms with Gasteiger partial charge in [0.05, 0.1) is 28.5 Å². The summed E-state index contributed by atoms with van der Waals surface area (Å²) in [6, 6.07) is 14.5. The SMILES string of the molecule is COC(c1ccccc1)C1([C@H](C(=O)Nc2ccc(C(=O)O)cc2F)C2CCCCC2)Nc2cc(F)c(F)cc2N1. The van der Waals surface area contributed by atoms with Crippen molar-refractivity contribution in [3.05, 3.63) is 89.2 Å². The highest BCUT2D eigenvalue weighted by atomic mass is 19.2. The molecule has 0 aromatic heterocycles. The number of halogens is 3. The molecular weight excluding hydrogens is 523 g/mol. The normalized spacial score (nSPS) is 17.7. The summed E-state index contributed by atoms with van der Waals surface area (Å²) in [4.78, 5) is 25.5. The van der Waals surface area contributed by atoms with Crippen molar-refractivity contribution in [2.24, 2.45) is 11.8 Å². The van der Waals surface area contributed by atoms with E-state index in [0.29, 0.717) is 18.4 Å². The van der Waals surface area contributed by atoms with Gasteiger partial charge in [-0.2, -0.15) is 0 Å². The van der Waals surface area contributed by atoms with E-state index in [0.717, 1.165) is 37.5 Å². The zero-order chi connectivity index (χ0) is 28.4. The molecule has 0 spiro atoms. The molecule has 1 fully saturated rings. The molecule has 2 aliphatic rings. The van der Waals surface area contributed by atoms with Crippen LogP contribution in [0.5, 0.6) is 0 Å². The van der Waals surface area contributed by atoms with E-state index in [4.69, 9.17) is 4.74 Å². The Bertz CT molecular complexity index is 1380. The maximum absolute atomic E-state index is 14.9. The van der Waals surface area contributed by atoms with Crippen molar-refractivity contribution < 1.29 is 32.6 Å². The summed E-state index contributed by atoms with van der Waals surface area (Å²) in [7, 11) is 1.49. The number of ether oxygens (including phenoxy) is 1. The molecule has 40 heavy (non-hydrogen) atoms. The van der Waals surface area contributed by atoms with Gasteiger partial charge in [0.25, 0.3) is 0 Å². The standard InChI is InChI=1S/C30H30F3N3O4/c1-40-27(18-10-6-3-7-11-18)30(35-24-15-20(31)21(32)16-25(24)36-30)26(17-8-4-2-5-9-17)28(37)34-23-13-12-19(29(38)39)14-22(23)33/h3,6-7,10-17,26-27,35-36H,2,4-5,8-9H2,1H3,(H,34,37)(H,38,39)/t26-,27?/m0/s1. The van der Waals surface area contributed by atoms with Crippen LogP contribution in [0.15, 0.2) is 60.7 Å². The van der Waals surface area contributed by atoms with Gasteiger partial charge in [-0.15, -0.1) is 0 Å². The predicted molar refractivity (Wildman–Crippen MR) is 145 cm³/mol. The summed E-state index contributed by atoms with van der Waals surface area (Å²) in [5.41, 5.74) is -0.595. The lowest BCUT2D eigenvalue weighted by Crippen LogP contribution is -2.60. The lowest BCUT2D eigenvalue weighted by atomic mass is 9.70. The van der Waals surface area contributed by atoms with E-state index in [9.17, 15) is 27.9 Å². The molecule has 0 bridgehead atoms. The number of rotatable bonds is 8. The van der Waals surface area contributed by atoms with Crippen LogP contribution in [0.3, 0.4) is 0 Å². The predicted octanol–water partition coefficient (Wildman–Crippen LogP) is 6.56. The molecule has 1 heterocycles. The second-order valence-corrected chi connectivity index (χ2v) is 10.3. The van der Waals surface area contributed by atoms with Crippen molar-refractivity contribution >= 4 is 28.9 Å². The highest BCUT2D eigenvalue weighted by Gasteiger charge is 2.56. The molecule has 2 atom stereocenters. The summed E-state index contributed by atoms with van der Waals surface area (Å²) in [5, 5.41) is 18.5. The van der Waals surface area contributed by atoms with Crippen LogP contribution in [-0.4, -0.2) is 29.8 Å². The van der Waals surface area contributed by atoms with E-state index >= 15 is 0 Å². The molecule has 210 valence electrons. The van der Waals surface area contributed by atoms with Crippen molar-refractivity contribution in [1.29, 1.82) is 0 Å². The number of amides is 1. The molecule has 5 rings (SSSR count). The number of carboxylic acid groups (broad SMARTS) is 1. The zero-order valence-electron chi connectivity index (χ0n) is 21.8. The van der Waals surface area contributed by atoms with Gasteiger partial charge in [-0.05, 0) is 42.5 Å². The molecule has 0 saturated heterocycles. The van der Waals surface area contributed by atoms with Gasteiger partial charge in [0.2, 0.25) is 5.91 Å². The smallest absolute Gasteiger partial charge is 0.335 e. The Labute approximate surface area is 229 Å². The summed E-state index contributed by atoms with van der Waals surface area (Å²) < 4.78 is 49.6. The molecule has 1 amide bonds. The van der Waals surface area contributed by atoms with Crippen LogP contribution < -0.4 is 16.0 Å². The number of methoxy groups -OCH3 is 1. The average Bonchev–Trinajstić information content (AvgIpc) is 3.29. The fourth-order valence-corrected chi connectivity index (χ4v) is 6.11. The highest BCUT2D eigenvalue weighted by Crippen LogP contribution is 2.50. The van der Waals surface area contributed by atoms with Gasteiger partial charge in [0.1, 0.15) is 11.9 Å². The van der Waals surface area contributed by atoms with Crippen LogP contribution in [0.25, 0.3) is 0 Å². The van der Waals surface area contributed by atoms with Crippen LogP contribution in [0.1, 0.15) is 54.1 Å². The number of carboxylic acids is 1. The van der Waals surface area contributed by atoms with Gasteiger partial charge >= 0.3 is 5.97 Å². The zero-order valence-corrected chi connectivity index (χ0v) is 21.8. The number of aromatic carboxylic acids is 1. The molecule has 1 aliphatic heterocycles. The topological polar surface area (TPSA) is 99.7 Å². The molecule has 7 nitrogen and oxygen atoms in total. The fraction of sp³-hybridized carbons (Fsp3) is 0.333. The van der Waals surface area contributed by atoms with Crippen molar-refractivity contribution in [3.8, 4) is 0 Å². The van der Waals surface area contributed by atoms with Crippen molar-refractivity contribution in [3.63, 3.8) is 0 Å². The van der Waals surface area contributed by atoms with Crippen molar-refractivity contribution in [2.75, 3.05) is 23.1 Å². The number of carbonyl (C=O) groups excluding carboxylic acids is 1. The molecule has 3 aromatic carbocycles. The molecular formula is C30H30F3N3O4. The first-order valence-electron chi connectivity index (χ1n) is 13.2. The van der Waals surface area contributed by atoms with Crippen LogP contribution in [0.2, 0.25) is 0 Å². The minimum Gasteiger partial charge on any atom is -0.478 e. The Kier molecular flexibility index (Phi) is 7.71. The van der Waals surface area contributed by atoms with E-state index in [-0.39, 0.29) is 28.5 Å². The largest absolute Gasteiger partial charge is 0.478 e. The first-order chi connectivity index (χ1) is 19.2. The molecule has 1 aliphatic carbocycles. The lowest BCUT2D eigenvalue weighted by Gasteiger charge is -2.46. The van der Waals surface area contributed by atoms with Gasteiger partial charge < -0.3 is 25.8 Å². The van der Waals surface area contributed by atoms with E-state index < -0.39 is 47.0 Å². The van der Waals surface area contributed by atoms with E-state index in [1.165, 1.54) is 19.2 Å². The van der Waals surface area contributed by atoms with Crippen LogP contribution in [-0.2, 0) is 9.53 Å². The minimum atomic E-state index is -1.41. The van der Waals surface area contributed by atoms with E-state index in [1.807, 2.05) is 30.3 Å². The summed E-state index contributed by atoms with van der Waals surface area (Å²) in [6.07, 6.45) is 3.36. The Morgan fingerprint density at radius 2 is 1.55 bits per heavy atom. The molecule has 4 N–H and O–H groups in total. The average molecular weight is 554 g/mol. The van der Waals surface area contributed by atoms with Gasteiger partial charge in [0.15, 0.2) is 17.3 Å². The first-order valence-corrected chi connectivity index (χ1v) is 13.2. The van der Waals surface area contributed by atoms with Crippen LogP contribution >= 0.6 is 0 Å². The lowest BCUT2D eigenvalue weighted by molar-refractivity contribution is -0.126. The molecule has 1 unspecified atom stereocenters. The Morgan fingerprint density at radius 1 is 0.925 bits per heavy atom. The maximum atomic E-state index is 14.9. The Balaban J connectivity index is 1.63. The second kappa shape index (κ2) is 11.2. The fourth-order valence-electron chi connectivity index (χ4n) is 6.11. The van der Waals surface area contributed by atoms with Gasteiger partial charge in [0, 0.05) is 19.2 Å². The third-order valence-electron chi connectivity index (χ3n) is 7.86. The summed E-state index contributed by atoms with van der Waals surface area (Å²) in [5.74, 6) is -5.92. The van der Waals surface area contributed by atoms with Crippen molar-refractivity contribution in [2.45, 2.75) is 43.9 Å². The molecule has 1 saturated carbocycles. The Morgan fingerprint density at radius 3 is 2.10 bits per heavy atom. The number of anilines is 3. The van der Waals surface area contributed by atoms with E-state index in [1.54, 1.807) is 0 Å². The number of benzene rings is 3. The summed E-state index contributed by atoms with van der Waals surface area (Å²) in [6.45, 7) is 0. The van der Waals surface area contributed by atoms with Crippen LogP contribution in [0.4, 0.5) is 30.2 Å². The highest BCUT2D eigenvalue weighted by molar-refractivity contribution is 5.96. The third kappa shape index (κ3) is 5.11. The number of nitrogens with one attached hydrogen (secondary N) is 3. The quantitative estimate of drug-likeness (QED) is 0.252. The van der Waals surface area contributed by atoms with Crippen molar-refractivity contribution in [1.82, 2.24) is 0 Å². The minimum absolute atomic E-state index is 0.174. The molecule has 3 aromatic rings. The number of hydrogen-bond donors (Lipinski definition) is 4. The number of fused-ring (bicyclic) bond motifs is 1. The molecule has 0 radical (unpaired) electrons. The maximum Gasteiger partial charge on any atom is 0.335 e. The number of hydrogen-bond acceptors (Lipinski definition) is 5. The van der Waals surface area contributed by atoms with Crippen LogP contribution in [0, 0.1) is 29.3 Å². The summed E-state index contributed by atoms with van der Waals surface area (Å²) >= 11 is 0. The van der Waals surface area contributed by atoms with Gasteiger partial charge in [-0.1, -0.05) is 49.6 Å². The second-order valence-electron chi connectivity index (χ2n) is 10.3. The monoisotopic (exact) mass is 553 g/mol. The Hall–Kier alpha value is -4.05. The molecule has 10 heteroatoms. The number of carbonyl (C=O) groups is 2. The van der Waals surface area contributed by atoms with Gasteiger partial charge in [-0.25, -0.2) is 18.0 Å². The van der Waals surface area contributed by atoms with Gasteiger partial charge in [-0.3, -0.25) is 4.79 Å². The van der Waals surface area contributed by atoms with E-state index in [2.05, 4.69) is 16.0 Å². The first kappa shape index (κ1) is 27.5.